The van der Waals surface area contributed by atoms with Crippen LogP contribution in [0.4, 0.5) is 5.82 Å². The molecule has 5 N–H and O–H groups in total. The zero-order valence-electron chi connectivity index (χ0n) is 10.7. The van der Waals surface area contributed by atoms with E-state index in [4.69, 9.17) is 5.73 Å². The maximum absolute atomic E-state index is 12.4. The van der Waals surface area contributed by atoms with Gasteiger partial charge in [0.05, 0.1) is 17.2 Å². The van der Waals surface area contributed by atoms with E-state index in [2.05, 4.69) is 4.98 Å². The lowest BCUT2D eigenvalue weighted by Gasteiger charge is -2.15. The lowest BCUT2D eigenvalue weighted by atomic mass is 10.2. The van der Waals surface area contributed by atoms with E-state index in [1.54, 1.807) is 0 Å². The van der Waals surface area contributed by atoms with Gasteiger partial charge >= 0.3 is 11.8 Å². The van der Waals surface area contributed by atoms with Gasteiger partial charge in [-0.1, -0.05) is 12.8 Å². The number of fused-ring (bicyclic) bond motifs is 1. The van der Waals surface area contributed by atoms with E-state index in [1.807, 2.05) is 0 Å². The molecule has 20 heavy (non-hydrogen) atoms. The number of nitrogens with two attached hydrogens (primary N) is 1. The number of anilines is 1. The normalized spacial score (nSPS) is 17.1. The fourth-order valence-corrected chi connectivity index (χ4v) is 2.94. The molecule has 1 aliphatic carbocycles. The first-order valence-corrected chi connectivity index (χ1v) is 6.45. The first-order chi connectivity index (χ1) is 9.39. The average molecular weight is 280 g/mol. The van der Waals surface area contributed by atoms with Crippen molar-refractivity contribution in [1.29, 1.82) is 0 Å². The van der Waals surface area contributed by atoms with Crippen molar-refractivity contribution in [3.05, 3.63) is 22.7 Å². The van der Waals surface area contributed by atoms with Gasteiger partial charge in [0.1, 0.15) is 5.82 Å². The molecule has 2 aromatic rings. The van der Waals surface area contributed by atoms with Crippen LogP contribution in [0.2, 0.25) is 0 Å². The molecule has 0 atom stereocenters. The smallest absolute Gasteiger partial charge is 0.377 e. The highest BCUT2D eigenvalue weighted by atomic mass is 16.7. The molecule has 3 rings (SSSR count). The number of hydrogen-bond acceptors (Lipinski definition) is 6. The Morgan fingerprint density at radius 1 is 1.25 bits per heavy atom. The summed E-state index contributed by atoms with van der Waals surface area (Å²) in [5.41, 5.74) is 5.52. The summed E-state index contributed by atoms with van der Waals surface area (Å²) < 4.78 is 1.96. The van der Waals surface area contributed by atoms with Gasteiger partial charge in [0.25, 0.3) is 0 Å². The van der Waals surface area contributed by atoms with Gasteiger partial charge in [-0.15, -0.1) is 0 Å². The Morgan fingerprint density at radius 2 is 1.90 bits per heavy atom. The quantitative estimate of drug-likeness (QED) is 0.546. The van der Waals surface area contributed by atoms with E-state index in [9.17, 15) is 20.1 Å². The zero-order valence-corrected chi connectivity index (χ0v) is 10.7. The number of pyridine rings is 1. The Balaban J connectivity index is 2.36. The number of nitrogens with zero attached hydrogens (tertiary/aromatic N) is 3. The Bertz CT molecular complexity index is 707. The third-order valence-corrected chi connectivity index (χ3v) is 3.77. The molecule has 0 bridgehead atoms. The van der Waals surface area contributed by atoms with Crippen molar-refractivity contribution >= 4 is 16.9 Å². The first kappa shape index (κ1) is 13.1. The first-order valence-electron chi connectivity index (χ1n) is 6.45. The predicted molar refractivity (Wildman–Crippen MR) is 70.5 cm³/mol. The van der Waals surface area contributed by atoms with E-state index < -0.39 is 11.8 Å². The van der Waals surface area contributed by atoms with Crippen LogP contribution in [-0.4, -0.2) is 29.4 Å². The predicted octanol–water partition coefficient (Wildman–Crippen LogP) is -0.560. The minimum Gasteiger partial charge on any atom is -0.384 e. The zero-order chi connectivity index (χ0) is 14.5. The lowest BCUT2D eigenvalue weighted by Crippen LogP contribution is -2.41. The van der Waals surface area contributed by atoms with Crippen molar-refractivity contribution < 1.29 is 15.3 Å². The van der Waals surface area contributed by atoms with Crippen LogP contribution < -0.4 is 11.4 Å². The average Bonchev–Trinajstić information content (AvgIpc) is 2.92. The topological polar surface area (TPSA) is 127 Å². The number of hydrogen-bond donors (Lipinski definition) is 4. The second-order valence-corrected chi connectivity index (χ2v) is 5.12. The molecule has 0 saturated heterocycles. The van der Waals surface area contributed by atoms with Crippen LogP contribution in [0.5, 0.6) is 0 Å². The molecule has 0 unspecified atom stereocenters. The highest BCUT2D eigenvalue weighted by molar-refractivity contribution is 5.78. The molecule has 1 saturated carbocycles. The fraction of sp³-hybridized carbons (Fsp3) is 0.500. The summed E-state index contributed by atoms with van der Waals surface area (Å²) in [6.45, 7) is 0. The minimum atomic E-state index is -3.27. The standard InChI is InChI=1S/C12H16N4O4/c13-10-5-8-9(6-14-10)16(12(18,19)20)11(17)15(8)7-3-1-2-4-7/h5-7,18-20H,1-4H2,(H2,13,14). The number of imidazole rings is 1. The van der Waals surface area contributed by atoms with E-state index in [1.165, 1.54) is 16.8 Å². The van der Waals surface area contributed by atoms with Crippen LogP contribution >= 0.6 is 0 Å². The molecule has 0 amide bonds. The molecular formula is C12H16N4O4. The van der Waals surface area contributed by atoms with Crippen molar-refractivity contribution in [3.8, 4) is 0 Å². The summed E-state index contributed by atoms with van der Waals surface area (Å²) in [6.07, 6.45) is 1.65. The summed E-state index contributed by atoms with van der Waals surface area (Å²) in [4.78, 5) is 16.2. The van der Waals surface area contributed by atoms with Gasteiger partial charge in [0.2, 0.25) is 0 Å². The summed E-state index contributed by atoms with van der Waals surface area (Å²) in [6, 6.07) is 1.47. The molecule has 0 spiro atoms. The number of rotatable bonds is 2. The van der Waals surface area contributed by atoms with Gasteiger partial charge < -0.3 is 21.1 Å². The Labute approximate surface area is 113 Å². The van der Waals surface area contributed by atoms with E-state index in [0.717, 1.165) is 25.7 Å². The molecule has 1 fully saturated rings. The molecule has 108 valence electrons. The molecule has 2 aromatic heterocycles. The molecule has 0 aliphatic heterocycles. The van der Waals surface area contributed by atoms with Crippen molar-refractivity contribution in [2.75, 3.05) is 5.73 Å². The monoisotopic (exact) mass is 280 g/mol. The van der Waals surface area contributed by atoms with Crippen molar-refractivity contribution in [2.45, 2.75) is 37.8 Å². The van der Waals surface area contributed by atoms with Crippen molar-refractivity contribution in [2.24, 2.45) is 0 Å². The van der Waals surface area contributed by atoms with Gasteiger partial charge in [-0.05, 0) is 12.8 Å². The highest BCUT2D eigenvalue weighted by Crippen LogP contribution is 2.32. The van der Waals surface area contributed by atoms with Crippen molar-refractivity contribution in [3.63, 3.8) is 0 Å². The highest BCUT2D eigenvalue weighted by Gasteiger charge is 2.32. The van der Waals surface area contributed by atoms with Crippen LogP contribution in [0.1, 0.15) is 31.7 Å². The van der Waals surface area contributed by atoms with E-state index in [-0.39, 0.29) is 17.4 Å². The maximum atomic E-state index is 12.4. The van der Waals surface area contributed by atoms with E-state index in [0.29, 0.717) is 10.1 Å². The Morgan fingerprint density at radius 3 is 2.50 bits per heavy atom. The molecule has 0 radical (unpaired) electrons. The van der Waals surface area contributed by atoms with E-state index >= 15 is 0 Å². The fourth-order valence-electron chi connectivity index (χ4n) is 2.94. The summed E-state index contributed by atoms with van der Waals surface area (Å²) in [5.74, 6) is 0.223. The summed E-state index contributed by atoms with van der Waals surface area (Å²) in [5, 5.41) is 28.2. The SMILES string of the molecule is Nc1cc2c(cn1)n(C(O)(O)O)c(=O)n2C1CCCC1. The molecule has 8 heteroatoms. The van der Waals surface area contributed by atoms with Gasteiger partial charge in [0.15, 0.2) is 0 Å². The lowest BCUT2D eigenvalue weighted by molar-refractivity contribution is -0.374. The van der Waals surface area contributed by atoms with Gasteiger partial charge in [0, 0.05) is 12.1 Å². The van der Waals surface area contributed by atoms with Gasteiger partial charge in [-0.2, -0.15) is 0 Å². The van der Waals surface area contributed by atoms with Gasteiger partial charge in [-0.3, -0.25) is 4.57 Å². The minimum absolute atomic E-state index is 0.0320. The van der Waals surface area contributed by atoms with Crippen LogP contribution in [0.3, 0.4) is 0 Å². The Hall–Kier alpha value is -1.90. The molecule has 1 aliphatic rings. The van der Waals surface area contributed by atoms with Gasteiger partial charge in [-0.25, -0.2) is 14.3 Å². The molecule has 2 heterocycles. The summed E-state index contributed by atoms with van der Waals surface area (Å²) >= 11 is 0. The number of aliphatic hydroxyl groups is 3. The van der Waals surface area contributed by atoms with Crippen LogP contribution in [0.15, 0.2) is 17.1 Å². The molecule has 0 aromatic carbocycles. The second kappa shape index (κ2) is 4.30. The third-order valence-electron chi connectivity index (χ3n) is 3.77. The largest absolute Gasteiger partial charge is 0.384 e. The maximum Gasteiger partial charge on any atom is 0.377 e. The Kier molecular flexibility index (Phi) is 2.82. The second-order valence-electron chi connectivity index (χ2n) is 5.12. The van der Waals surface area contributed by atoms with Crippen molar-refractivity contribution in [1.82, 2.24) is 14.1 Å². The number of nitrogen functional groups attached to an aromatic ring is 1. The third kappa shape index (κ3) is 1.89. The van der Waals surface area contributed by atoms with Crippen LogP contribution in [0.25, 0.3) is 11.0 Å². The number of aromatic nitrogens is 3. The summed E-state index contributed by atoms with van der Waals surface area (Å²) in [7, 11) is 0. The van der Waals surface area contributed by atoms with Crippen LogP contribution in [-0.2, 0) is 6.10 Å². The van der Waals surface area contributed by atoms with Crippen LogP contribution in [0, 0.1) is 0 Å². The molecule has 8 nitrogen and oxygen atoms in total. The molecular weight excluding hydrogens is 264 g/mol.